The molecular formula is C20H23ClN2O5. The van der Waals surface area contributed by atoms with Crippen molar-refractivity contribution in [3.63, 3.8) is 0 Å². The first kappa shape index (κ1) is 21.5. The van der Waals surface area contributed by atoms with Crippen molar-refractivity contribution in [3.05, 3.63) is 53.1 Å². The molecular weight excluding hydrogens is 384 g/mol. The second-order valence-electron chi connectivity index (χ2n) is 6.04. The topological polar surface area (TPSA) is 96.9 Å². The summed E-state index contributed by atoms with van der Waals surface area (Å²) in [7, 11) is 3.12. The summed E-state index contributed by atoms with van der Waals surface area (Å²) in [6, 6.07) is 11.1. The number of ether oxygens (including phenoxy) is 2. The zero-order valence-electron chi connectivity index (χ0n) is 15.7. The smallest absolute Gasteiger partial charge is 0.321 e. The van der Waals surface area contributed by atoms with Gasteiger partial charge in [0.2, 0.25) is 5.91 Å². The van der Waals surface area contributed by atoms with Crippen LogP contribution in [0.4, 0.5) is 5.69 Å². The fraction of sp³-hybridized carbons (Fsp3) is 0.300. The van der Waals surface area contributed by atoms with Gasteiger partial charge in [-0.2, -0.15) is 0 Å². The Balaban J connectivity index is 1.88. The van der Waals surface area contributed by atoms with Gasteiger partial charge in [0.15, 0.2) is 11.5 Å². The van der Waals surface area contributed by atoms with Crippen molar-refractivity contribution in [2.45, 2.75) is 18.9 Å². The van der Waals surface area contributed by atoms with Crippen LogP contribution in [0, 0.1) is 0 Å². The molecule has 2 aromatic rings. The summed E-state index contributed by atoms with van der Waals surface area (Å²) >= 11 is 5.80. The zero-order chi connectivity index (χ0) is 20.5. The van der Waals surface area contributed by atoms with Gasteiger partial charge < -0.3 is 25.2 Å². The fourth-order valence-corrected chi connectivity index (χ4v) is 2.73. The van der Waals surface area contributed by atoms with Crippen LogP contribution in [0.15, 0.2) is 42.5 Å². The van der Waals surface area contributed by atoms with Gasteiger partial charge in [0, 0.05) is 10.7 Å². The number of anilines is 1. The predicted molar refractivity (Wildman–Crippen MR) is 107 cm³/mol. The van der Waals surface area contributed by atoms with Gasteiger partial charge in [-0.1, -0.05) is 17.7 Å². The molecule has 0 heterocycles. The molecule has 0 radical (unpaired) electrons. The third-order valence-electron chi connectivity index (χ3n) is 4.07. The van der Waals surface area contributed by atoms with Crippen molar-refractivity contribution in [2.75, 3.05) is 26.1 Å². The van der Waals surface area contributed by atoms with E-state index >= 15 is 0 Å². The highest BCUT2D eigenvalue weighted by Gasteiger charge is 2.20. The van der Waals surface area contributed by atoms with E-state index in [1.807, 2.05) is 12.1 Å². The van der Waals surface area contributed by atoms with Crippen LogP contribution >= 0.6 is 11.6 Å². The van der Waals surface area contributed by atoms with Crippen molar-refractivity contribution in [1.82, 2.24) is 5.32 Å². The molecule has 0 spiro atoms. The second-order valence-corrected chi connectivity index (χ2v) is 6.48. The largest absolute Gasteiger partial charge is 0.493 e. The standard InChI is InChI=1S/C20H23ClN2O5/c1-27-17-8-3-13(11-18(17)28-2)9-10-22-16(20(25)26)12-19(24)23-15-6-4-14(21)5-7-15/h3-8,11,16,22H,9-10,12H2,1-2H3,(H,23,24)(H,25,26)/t16-/m1/s1. The minimum atomic E-state index is -1.08. The summed E-state index contributed by atoms with van der Waals surface area (Å²) < 4.78 is 10.5. The normalized spacial score (nSPS) is 11.5. The first-order valence-corrected chi connectivity index (χ1v) is 9.03. The molecule has 150 valence electrons. The van der Waals surface area contributed by atoms with Crippen LogP contribution in [0.25, 0.3) is 0 Å². The molecule has 1 atom stereocenters. The Morgan fingerprint density at radius 2 is 1.75 bits per heavy atom. The number of nitrogens with one attached hydrogen (secondary N) is 2. The maximum absolute atomic E-state index is 12.1. The summed E-state index contributed by atoms with van der Waals surface area (Å²) in [6.45, 7) is 0.390. The van der Waals surface area contributed by atoms with Crippen LogP contribution in [-0.2, 0) is 16.0 Å². The molecule has 2 aromatic carbocycles. The van der Waals surface area contributed by atoms with E-state index in [1.165, 1.54) is 0 Å². The van der Waals surface area contributed by atoms with Crippen LogP contribution in [0.2, 0.25) is 5.02 Å². The summed E-state index contributed by atoms with van der Waals surface area (Å²) in [5.74, 6) is -0.245. The molecule has 8 heteroatoms. The van der Waals surface area contributed by atoms with Crippen LogP contribution in [0.5, 0.6) is 11.5 Å². The van der Waals surface area contributed by atoms with Crippen molar-refractivity contribution in [3.8, 4) is 11.5 Å². The fourth-order valence-electron chi connectivity index (χ4n) is 2.60. The number of rotatable bonds is 10. The SMILES string of the molecule is COc1ccc(CCN[C@H](CC(=O)Nc2ccc(Cl)cc2)C(=O)O)cc1OC. The minimum absolute atomic E-state index is 0.191. The second kappa shape index (κ2) is 10.5. The van der Waals surface area contributed by atoms with E-state index < -0.39 is 17.9 Å². The third-order valence-corrected chi connectivity index (χ3v) is 4.32. The number of hydrogen-bond donors (Lipinski definition) is 3. The van der Waals surface area contributed by atoms with Gasteiger partial charge in [0.05, 0.1) is 20.6 Å². The summed E-state index contributed by atoms with van der Waals surface area (Å²) in [5.41, 5.74) is 1.52. The van der Waals surface area contributed by atoms with Gasteiger partial charge in [-0.15, -0.1) is 0 Å². The highest BCUT2D eigenvalue weighted by atomic mass is 35.5. The van der Waals surface area contributed by atoms with Crippen LogP contribution in [0.3, 0.4) is 0 Å². The molecule has 0 unspecified atom stereocenters. The number of hydrogen-bond acceptors (Lipinski definition) is 5. The molecule has 2 rings (SSSR count). The van der Waals surface area contributed by atoms with Gasteiger partial charge in [0.25, 0.3) is 0 Å². The van der Waals surface area contributed by atoms with Gasteiger partial charge >= 0.3 is 5.97 Å². The summed E-state index contributed by atoms with van der Waals surface area (Å²) in [4.78, 5) is 23.6. The maximum atomic E-state index is 12.1. The van der Waals surface area contributed by atoms with Gasteiger partial charge in [-0.25, -0.2) is 0 Å². The number of aliphatic carboxylic acids is 1. The number of carbonyl (C=O) groups is 2. The molecule has 0 saturated heterocycles. The first-order valence-electron chi connectivity index (χ1n) is 8.65. The Labute approximate surface area is 168 Å². The molecule has 0 aliphatic rings. The highest BCUT2D eigenvalue weighted by Crippen LogP contribution is 2.27. The number of benzene rings is 2. The maximum Gasteiger partial charge on any atom is 0.321 e. The highest BCUT2D eigenvalue weighted by molar-refractivity contribution is 6.30. The van der Waals surface area contributed by atoms with Crippen molar-refractivity contribution >= 4 is 29.2 Å². The minimum Gasteiger partial charge on any atom is -0.493 e. The number of methoxy groups -OCH3 is 2. The molecule has 0 aromatic heterocycles. The average Bonchev–Trinajstić information content (AvgIpc) is 2.68. The number of carbonyl (C=O) groups excluding carboxylic acids is 1. The molecule has 28 heavy (non-hydrogen) atoms. The molecule has 0 aliphatic carbocycles. The first-order chi connectivity index (χ1) is 13.4. The zero-order valence-corrected chi connectivity index (χ0v) is 16.5. The Morgan fingerprint density at radius 3 is 2.36 bits per heavy atom. The van der Waals surface area contributed by atoms with E-state index in [9.17, 15) is 14.7 Å². The van der Waals surface area contributed by atoms with E-state index in [-0.39, 0.29) is 6.42 Å². The Hall–Kier alpha value is -2.77. The number of carboxylic acid groups (broad SMARTS) is 1. The molecule has 7 nitrogen and oxygen atoms in total. The molecule has 0 bridgehead atoms. The Morgan fingerprint density at radius 1 is 1.07 bits per heavy atom. The average molecular weight is 407 g/mol. The van der Waals surface area contributed by atoms with Crippen molar-refractivity contribution in [2.24, 2.45) is 0 Å². The Bertz CT molecular complexity index is 811. The predicted octanol–water partition coefficient (Wildman–Crippen LogP) is 2.97. The molecule has 0 aliphatic heterocycles. The van der Waals surface area contributed by atoms with Gasteiger partial charge in [-0.05, 0) is 54.9 Å². The lowest BCUT2D eigenvalue weighted by molar-refractivity contribution is -0.141. The van der Waals surface area contributed by atoms with E-state index in [0.29, 0.717) is 35.2 Å². The van der Waals surface area contributed by atoms with Crippen LogP contribution in [-0.4, -0.2) is 43.8 Å². The van der Waals surface area contributed by atoms with E-state index in [1.54, 1.807) is 44.6 Å². The quantitative estimate of drug-likeness (QED) is 0.561. The summed E-state index contributed by atoms with van der Waals surface area (Å²) in [5, 5.41) is 15.5. The van der Waals surface area contributed by atoms with Crippen LogP contribution < -0.4 is 20.1 Å². The lowest BCUT2D eigenvalue weighted by Gasteiger charge is -2.15. The number of halogens is 1. The third kappa shape index (κ3) is 6.44. The Kier molecular flexibility index (Phi) is 8.10. The van der Waals surface area contributed by atoms with Crippen molar-refractivity contribution < 1.29 is 24.2 Å². The molecule has 3 N–H and O–H groups in total. The van der Waals surface area contributed by atoms with Crippen LogP contribution in [0.1, 0.15) is 12.0 Å². The number of carboxylic acids is 1. The monoisotopic (exact) mass is 406 g/mol. The van der Waals surface area contributed by atoms with E-state index in [2.05, 4.69) is 10.6 Å². The van der Waals surface area contributed by atoms with Crippen molar-refractivity contribution in [1.29, 1.82) is 0 Å². The number of amides is 1. The molecule has 0 saturated carbocycles. The molecule has 0 fully saturated rings. The van der Waals surface area contributed by atoms with Gasteiger partial charge in [0.1, 0.15) is 6.04 Å². The summed E-state index contributed by atoms with van der Waals surface area (Å²) in [6.07, 6.45) is 0.382. The lowest BCUT2D eigenvalue weighted by atomic mass is 10.1. The van der Waals surface area contributed by atoms with Gasteiger partial charge in [-0.3, -0.25) is 9.59 Å². The van der Waals surface area contributed by atoms with E-state index in [4.69, 9.17) is 21.1 Å². The molecule has 1 amide bonds. The lowest BCUT2D eigenvalue weighted by Crippen LogP contribution is -2.40. The van der Waals surface area contributed by atoms with E-state index in [0.717, 1.165) is 5.56 Å².